The molecule has 0 amide bonds. The number of rotatable bonds is 2. The van der Waals surface area contributed by atoms with E-state index in [1.165, 1.54) is 38.5 Å². The van der Waals surface area contributed by atoms with Gasteiger partial charge in [-0.25, -0.2) is 0 Å². The first kappa shape index (κ1) is 41.2. The molecule has 8 heteroatoms. The van der Waals surface area contributed by atoms with Crippen LogP contribution in [0.3, 0.4) is 0 Å². The van der Waals surface area contributed by atoms with Crippen molar-refractivity contribution in [2.24, 2.45) is 0 Å². The van der Waals surface area contributed by atoms with Crippen LogP contribution >= 0.6 is 0 Å². The molecule has 38 heavy (non-hydrogen) atoms. The fraction of sp³-hybridized carbons (Fsp3) is 1.00. The third kappa shape index (κ3) is 11.7. The topological polar surface area (TPSA) is 27.7 Å². The Morgan fingerprint density at radius 1 is 0.447 bits per heavy atom. The predicted octanol–water partition coefficient (Wildman–Crippen LogP) is 6.86. The van der Waals surface area contributed by atoms with Crippen LogP contribution in [0.1, 0.15) is 122 Å². The quantitative estimate of drug-likeness (QED) is 0.262. The molecule has 3 nitrogen and oxygen atoms in total. The smallest absolute Gasteiger partial charge is 0.524 e. The first-order valence-electron chi connectivity index (χ1n) is 14.9. The molecule has 0 bridgehead atoms. The van der Waals surface area contributed by atoms with E-state index in [2.05, 4.69) is 96.2 Å². The number of ether oxygens (including phenoxy) is 3. The average Bonchev–Trinajstić information content (AvgIpc) is 3.55. The summed E-state index contributed by atoms with van der Waals surface area (Å²) in [4.78, 5) is 0. The van der Waals surface area contributed by atoms with Crippen LogP contribution in [-0.4, -0.2) is 63.0 Å². The molecule has 3 rings (SSSR count). The summed E-state index contributed by atoms with van der Waals surface area (Å²) in [7, 11) is -6.14. The van der Waals surface area contributed by atoms with Crippen molar-refractivity contribution in [1.82, 2.24) is 0 Å². The Bertz CT molecular complexity index is 498. The van der Waals surface area contributed by atoms with Gasteiger partial charge >= 0.3 is 18.9 Å². The summed E-state index contributed by atoms with van der Waals surface area (Å²) in [6.07, 6.45) is 7.67. The monoisotopic (exact) mass is 584 g/mol. The van der Waals surface area contributed by atoms with Gasteiger partial charge in [-0.1, -0.05) is 140 Å². The zero-order chi connectivity index (χ0) is 29.2. The molecule has 0 unspecified atom stereocenters. The third-order valence-corrected chi connectivity index (χ3v) is 46.4. The maximum atomic E-state index is 16.7. The summed E-state index contributed by atoms with van der Waals surface area (Å²) in [5.74, 6) is 0. The second-order valence-electron chi connectivity index (χ2n) is 15.5. The second kappa shape index (κ2) is 17.2. The molecule has 0 saturated carbocycles. The van der Waals surface area contributed by atoms with Gasteiger partial charge in [0.2, 0.25) is 0 Å². The normalized spacial score (nSPS) is 18.9. The average molecular weight is 585 g/mol. The van der Waals surface area contributed by atoms with Crippen molar-refractivity contribution in [3.63, 3.8) is 0 Å². The summed E-state index contributed by atoms with van der Waals surface area (Å²) in [6.45, 7) is 38.4. The van der Waals surface area contributed by atoms with E-state index in [-0.39, 0.29) is 39.0 Å². The molecule has 0 radical (unpaired) electrons. The van der Waals surface area contributed by atoms with Gasteiger partial charge in [0.05, 0.1) is 0 Å². The summed E-state index contributed by atoms with van der Waals surface area (Å²) in [5.41, 5.74) is 0. The number of halogens is 1. The van der Waals surface area contributed by atoms with E-state index >= 15 is 4.11 Å². The van der Waals surface area contributed by atoms with Crippen LogP contribution in [0.2, 0.25) is 33.2 Å². The molecule has 3 heterocycles. The van der Waals surface area contributed by atoms with Crippen molar-refractivity contribution in [2.75, 3.05) is 39.6 Å². The van der Waals surface area contributed by atoms with E-state index in [1.807, 2.05) is 0 Å². The Morgan fingerprint density at radius 3 is 0.684 bits per heavy atom. The van der Waals surface area contributed by atoms with Crippen LogP contribution in [0.5, 0.6) is 0 Å². The first-order valence-corrected chi connectivity index (χ1v) is 23.3. The first-order chi connectivity index (χ1) is 16.7. The van der Waals surface area contributed by atoms with Gasteiger partial charge in [0.15, 0.2) is 0 Å². The van der Waals surface area contributed by atoms with Gasteiger partial charge < -0.3 is 18.3 Å². The van der Waals surface area contributed by atoms with Crippen LogP contribution in [0.15, 0.2) is 0 Å². The van der Waals surface area contributed by atoms with Crippen LogP contribution in [0.4, 0.5) is 4.11 Å². The van der Waals surface area contributed by atoms with Crippen LogP contribution < -0.4 is 18.9 Å². The second-order valence-corrected chi connectivity index (χ2v) is 36.8. The van der Waals surface area contributed by atoms with Gasteiger partial charge in [-0.2, -0.15) is 0 Å². The Hall–Kier alpha value is 1.06. The Balaban J connectivity index is 0. The molecule has 3 fully saturated rings. The van der Waals surface area contributed by atoms with E-state index < -0.39 is 23.3 Å². The molecule has 0 aliphatic carbocycles. The maximum Gasteiger partial charge on any atom is 1.00 e. The molecule has 0 N–H and O–H groups in total. The van der Waals surface area contributed by atoms with E-state index in [4.69, 9.17) is 14.2 Å². The molecule has 224 valence electrons. The minimum Gasteiger partial charge on any atom is -0.524 e. The van der Waals surface area contributed by atoms with Gasteiger partial charge in [0.1, 0.15) is 0 Å². The fourth-order valence-corrected chi connectivity index (χ4v) is 47.1. The van der Waals surface area contributed by atoms with E-state index in [1.54, 1.807) is 0 Å². The minimum atomic E-state index is -2.11. The van der Waals surface area contributed by atoms with E-state index in [9.17, 15) is 0 Å². The molecule has 3 saturated heterocycles. The van der Waals surface area contributed by atoms with Crippen molar-refractivity contribution in [3.05, 3.63) is 0 Å². The molecular weight excluding hydrogens is 519 g/mol. The maximum absolute atomic E-state index is 16.7. The number of hydrogen-bond donors (Lipinski definition) is 0. The van der Waals surface area contributed by atoms with Crippen LogP contribution in [0.25, 0.3) is 0 Å². The van der Waals surface area contributed by atoms with Gasteiger partial charge in [-0.3, -0.25) is 0 Å². The Kier molecular flexibility index (Phi) is 18.7. The summed E-state index contributed by atoms with van der Waals surface area (Å²) >= 11 is 0. The largest absolute Gasteiger partial charge is 1.00 e. The van der Waals surface area contributed by atoms with Crippen LogP contribution in [0, 0.1) is 0 Å². The number of hydrogen-bond acceptors (Lipinski definition) is 3. The summed E-state index contributed by atoms with van der Waals surface area (Å²) in [5, 5.41) is 0.385. The van der Waals surface area contributed by atoms with Gasteiger partial charge in [-0.15, -0.1) is 0 Å². The van der Waals surface area contributed by atoms with Crippen molar-refractivity contribution < 1.29 is 37.2 Å². The van der Waals surface area contributed by atoms with E-state index in [0.717, 1.165) is 39.6 Å². The summed E-state index contributed by atoms with van der Waals surface area (Å²) in [6, 6.07) is 0. The molecule has 0 spiro atoms. The van der Waals surface area contributed by atoms with Crippen LogP contribution in [-0.2, 0) is 14.2 Å². The molecule has 3 aliphatic rings. The molecule has 0 aromatic rings. The summed E-state index contributed by atoms with van der Waals surface area (Å²) < 4.78 is 31.5. The molecule has 0 aromatic carbocycles. The minimum absolute atomic E-state index is 0. The zero-order valence-corrected chi connectivity index (χ0v) is 31.6. The van der Waals surface area contributed by atoms with Gasteiger partial charge in [0.25, 0.3) is 0 Å². The Labute approximate surface area is 254 Å². The molecule has 0 aromatic heterocycles. The SMILES string of the molecule is C1CCOC1.C1CCOC1.C1CCOC1.CC(C)(C)[Si](C)([Si-](F)[Si](C)(C(C)(C)C)C(C)(C)C)C(C)(C)C.[Li+]. The van der Waals surface area contributed by atoms with Gasteiger partial charge in [-0.05, 0) is 38.5 Å². The fourth-order valence-electron chi connectivity index (χ4n) is 5.60. The van der Waals surface area contributed by atoms with Crippen molar-refractivity contribution in [3.8, 4) is 0 Å². The zero-order valence-electron chi connectivity index (χ0n) is 28.6. The van der Waals surface area contributed by atoms with E-state index in [0.29, 0.717) is 0 Å². The molecular formula is C30H66FLiO3Si3. The third-order valence-electron chi connectivity index (χ3n) is 9.36. The standard InChI is InChI=1S/C18H42FSi3.3C4H8O.Li/c1-15(2,3)21(13,16(4,5)6)20(19)22(14,17(7,8)9)18(10,11)12;3*1-2-4-5-3-1;/h1-14H3;3*1-4H2;/q-1;;;;+1. The molecule has 3 aliphatic heterocycles. The van der Waals surface area contributed by atoms with Crippen molar-refractivity contribution >= 4 is 23.3 Å². The van der Waals surface area contributed by atoms with Crippen molar-refractivity contribution in [1.29, 1.82) is 0 Å². The molecule has 0 atom stereocenters. The van der Waals surface area contributed by atoms with Gasteiger partial charge in [0, 0.05) is 39.6 Å². The predicted molar refractivity (Wildman–Crippen MR) is 169 cm³/mol. The van der Waals surface area contributed by atoms with Crippen molar-refractivity contribution in [2.45, 2.75) is 155 Å². The Morgan fingerprint density at radius 2 is 0.605 bits per heavy atom.